The number of thiazole rings is 1. The first kappa shape index (κ1) is 19.7. The molecule has 3 rings (SSSR count). The Kier molecular flexibility index (Phi) is 5.58. The minimum atomic E-state index is -4.58. The molecule has 28 heavy (non-hydrogen) atoms. The van der Waals surface area contributed by atoms with Crippen LogP contribution >= 0.6 is 11.3 Å². The molecule has 148 valence electrons. The molecule has 6 nitrogen and oxygen atoms in total. The van der Waals surface area contributed by atoms with Crippen LogP contribution in [0.4, 0.5) is 27.1 Å². The Labute approximate surface area is 158 Å². The van der Waals surface area contributed by atoms with E-state index in [1.807, 2.05) is 0 Å². The second kappa shape index (κ2) is 7.92. The van der Waals surface area contributed by atoms with E-state index in [0.717, 1.165) is 28.3 Å². The van der Waals surface area contributed by atoms with Crippen LogP contribution in [-0.4, -0.2) is 27.3 Å². The second-order valence-electron chi connectivity index (χ2n) is 5.39. The fourth-order valence-electron chi connectivity index (χ4n) is 2.18. The third-order valence-electron chi connectivity index (χ3n) is 3.36. The first-order valence-corrected chi connectivity index (χ1v) is 8.50. The number of alkyl halides is 5. The first-order valence-electron chi connectivity index (χ1n) is 7.62. The van der Waals surface area contributed by atoms with Gasteiger partial charge in [-0.05, 0) is 30.3 Å². The molecule has 0 spiro atoms. The largest absolute Gasteiger partial charge is 0.435 e. The fraction of sp³-hybridized carbons (Fsp3) is 0.188. The quantitative estimate of drug-likeness (QED) is 0.608. The van der Waals surface area contributed by atoms with Crippen LogP contribution in [0.3, 0.4) is 0 Å². The van der Waals surface area contributed by atoms with Crippen LogP contribution in [0.2, 0.25) is 0 Å². The van der Waals surface area contributed by atoms with Gasteiger partial charge in [0.05, 0.1) is 5.69 Å². The molecule has 0 unspecified atom stereocenters. The number of carbonyl (C=O) groups excluding carboxylic acids is 1. The molecule has 12 heteroatoms. The maximum Gasteiger partial charge on any atom is 0.435 e. The molecular formula is C16H11F5N4O2S. The van der Waals surface area contributed by atoms with E-state index < -0.39 is 30.9 Å². The zero-order valence-corrected chi connectivity index (χ0v) is 14.6. The molecule has 0 aliphatic carbocycles. The van der Waals surface area contributed by atoms with E-state index in [-0.39, 0.29) is 10.9 Å². The number of hydrogen-bond donors (Lipinski definition) is 1. The van der Waals surface area contributed by atoms with Gasteiger partial charge in [-0.25, -0.2) is 4.98 Å². The number of ether oxygens (including phenoxy) is 1. The summed E-state index contributed by atoms with van der Waals surface area (Å²) in [5.41, 5.74) is 0.0127. The Bertz CT molecular complexity index is 953. The third kappa shape index (κ3) is 5.03. The minimum absolute atomic E-state index is 0.0000421. The van der Waals surface area contributed by atoms with E-state index in [4.69, 9.17) is 0 Å². The normalized spacial score (nSPS) is 11.6. The smallest absolute Gasteiger partial charge is 0.435 e. The summed E-state index contributed by atoms with van der Waals surface area (Å²) in [4.78, 5) is 16.1. The van der Waals surface area contributed by atoms with Crippen LogP contribution in [0, 0.1) is 0 Å². The summed E-state index contributed by atoms with van der Waals surface area (Å²) >= 11 is 1.10. The molecule has 0 atom stereocenters. The molecule has 1 N–H and O–H groups in total. The number of amides is 1. The highest BCUT2D eigenvalue weighted by Gasteiger charge is 2.33. The van der Waals surface area contributed by atoms with Crippen molar-refractivity contribution in [2.75, 3.05) is 5.32 Å². The van der Waals surface area contributed by atoms with Crippen LogP contribution in [-0.2, 0) is 17.5 Å². The van der Waals surface area contributed by atoms with Crippen molar-refractivity contribution in [1.82, 2.24) is 14.8 Å². The molecule has 0 aliphatic heterocycles. The number of hydrogen-bond acceptors (Lipinski definition) is 5. The van der Waals surface area contributed by atoms with Crippen molar-refractivity contribution in [3.63, 3.8) is 0 Å². The van der Waals surface area contributed by atoms with Gasteiger partial charge in [0.15, 0.2) is 10.8 Å². The topological polar surface area (TPSA) is 69.0 Å². The predicted molar refractivity (Wildman–Crippen MR) is 90.0 cm³/mol. The summed E-state index contributed by atoms with van der Waals surface area (Å²) in [6.45, 7) is -3.33. The second-order valence-corrected chi connectivity index (χ2v) is 6.24. The summed E-state index contributed by atoms with van der Waals surface area (Å²) in [7, 11) is 0. The lowest BCUT2D eigenvalue weighted by Crippen LogP contribution is -2.19. The lowest BCUT2D eigenvalue weighted by Gasteiger charge is -2.04. The van der Waals surface area contributed by atoms with E-state index >= 15 is 0 Å². The van der Waals surface area contributed by atoms with Gasteiger partial charge in [0.1, 0.15) is 12.3 Å². The van der Waals surface area contributed by atoms with Crippen LogP contribution < -0.4 is 10.1 Å². The Hall–Kier alpha value is -3.02. The molecule has 0 saturated carbocycles. The van der Waals surface area contributed by atoms with Crippen LogP contribution in [0.15, 0.2) is 41.9 Å². The third-order valence-corrected chi connectivity index (χ3v) is 4.12. The van der Waals surface area contributed by atoms with Gasteiger partial charge in [0.2, 0.25) is 5.91 Å². The molecule has 0 bridgehead atoms. The van der Waals surface area contributed by atoms with E-state index in [1.165, 1.54) is 24.3 Å². The maximum absolute atomic E-state index is 12.5. The summed E-state index contributed by atoms with van der Waals surface area (Å²) in [6, 6.07) is 6.54. The Morgan fingerprint density at radius 3 is 2.54 bits per heavy atom. The fourth-order valence-corrected chi connectivity index (χ4v) is 2.91. The van der Waals surface area contributed by atoms with E-state index in [9.17, 15) is 26.7 Å². The number of benzene rings is 1. The van der Waals surface area contributed by atoms with Gasteiger partial charge < -0.3 is 10.1 Å². The Balaban J connectivity index is 1.61. The molecule has 0 fully saturated rings. The van der Waals surface area contributed by atoms with Crippen molar-refractivity contribution >= 4 is 22.4 Å². The highest BCUT2D eigenvalue weighted by Crippen LogP contribution is 2.28. The molecule has 3 aromatic rings. The van der Waals surface area contributed by atoms with Gasteiger partial charge in [-0.15, -0.1) is 11.3 Å². The average Bonchev–Trinajstić information content (AvgIpc) is 3.24. The van der Waals surface area contributed by atoms with Crippen molar-refractivity contribution in [3.8, 4) is 17.0 Å². The molecule has 2 aromatic heterocycles. The van der Waals surface area contributed by atoms with E-state index in [0.29, 0.717) is 11.3 Å². The average molecular weight is 418 g/mol. The predicted octanol–water partition coefficient (Wildman–Crippen LogP) is 4.27. The van der Waals surface area contributed by atoms with Gasteiger partial charge >= 0.3 is 12.8 Å². The number of aromatic nitrogens is 3. The van der Waals surface area contributed by atoms with E-state index in [2.05, 4.69) is 20.1 Å². The molecule has 0 aliphatic rings. The van der Waals surface area contributed by atoms with Crippen LogP contribution in [0.1, 0.15) is 5.69 Å². The summed E-state index contributed by atoms with van der Waals surface area (Å²) < 4.78 is 66.9. The van der Waals surface area contributed by atoms with Gasteiger partial charge in [-0.1, -0.05) is 0 Å². The van der Waals surface area contributed by atoms with Crippen molar-refractivity contribution in [2.45, 2.75) is 19.3 Å². The lowest BCUT2D eigenvalue weighted by atomic mass is 10.2. The zero-order chi connectivity index (χ0) is 20.3. The summed E-state index contributed by atoms with van der Waals surface area (Å²) in [6.07, 6.45) is -3.53. The maximum atomic E-state index is 12.5. The summed E-state index contributed by atoms with van der Waals surface area (Å²) in [5.74, 6) is -0.599. The molecule has 1 amide bonds. The molecule has 2 heterocycles. The number of carbonyl (C=O) groups is 1. The standard InChI is InChI=1S/C16H11F5N4O2S/c17-14(18)27-10-3-1-9(2-4-10)11-8-28-15(22-11)23-13(26)7-25-6-5-12(24-25)16(19,20)21/h1-6,8,14H,7H2,(H,22,23,26). The SMILES string of the molecule is O=C(Cn1ccc(C(F)(F)F)n1)Nc1nc(-c2ccc(OC(F)F)cc2)cs1. The first-order chi connectivity index (χ1) is 13.2. The van der Waals surface area contributed by atoms with Gasteiger partial charge in [-0.2, -0.15) is 27.1 Å². The Morgan fingerprint density at radius 1 is 1.21 bits per heavy atom. The molecule has 1 aromatic carbocycles. The monoisotopic (exact) mass is 418 g/mol. The van der Waals surface area contributed by atoms with E-state index in [1.54, 1.807) is 5.38 Å². The van der Waals surface area contributed by atoms with Gasteiger partial charge in [-0.3, -0.25) is 9.48 Å². The Morgan fingerprint density at radius 2 is 1.93 bits per heavy atom. The zero-order valence-electron chi connectivity index (χ0n) is 13.8. The summed E-state index contributed by atoms with van der Waals surface area (Å²) in [5, 5.41) is 7.63. The van der Waals surface area contributed by atoms with Crippen molar-refractivity contribution in [2.24, 2.45) is 0 Å². The number of anilines is 1. The number of rotatable bonds is 6. The van der Waals surface area contributed by atoms with Crippen LogP contribution in [0.5, 0.6) is 5.75 Å². The lowest BCUT2D eigenvalue weighted by molar-refractivity contribution is -0.141. The minimum Gasteiger partial charge on any atom is -0.435 e. The molecule has 0 radical (unpaired) electrons. The highest BCUT2D eigenvalue weighted by molar-refractivity contribution is 7.14. The number of nitrogens with one attached hydrogen (secondary N) is 1. The highest BCUT2D eigenvalue weighted by atomic mass is 32.1. The van der Waals surface area contributed by atoms with Gasteiger partial charge in [0, 0.05) is 17.1 Å². The molecular weight excluding hydrogens is 407 g/mol. The van der Waals surface area contributed by atoms with Crippen molar-refractivity contribution in [3.05, 3.63) is 47.6 Å². The van der Waals surface area contributed by atoms with Crippen molar-refractivity contribution in [1.29, 1.82) is 0 Å². The number of nitrogens with zero attached hydrogens (tertiary/aromatic N) is 3. The van der Waals surface area contributed by atoms with Crippen molar-refractivity contribution < 1.29 is 31.5 Å². The molecule has 0 saturated heterocycles. The number of halogens is 5. The van der Waals surface area contributed by atoms with Gasteiger partial charge in [0.25, 0.3) is 0 Å². The van der Waals surface area contributed by atoms with Crippen LogP contribution in [0.25, 0.3) is 11.3 Å².